The number of hydrogen-bond acceptors (Lipinski definition) is 3. The second-order valence-corrected chi connectivity index (χ2v) is 4.78. The fourth-order valence-electron chi connectivity index (χ4n) is 1.33. The first-order chi connectivity index (χ1) is 8.60. The predicted octanol–water partition coefficient (Wildman–Crippen LogP) is 3.89. The van der Waals surface area contributed by atoms with Gasteiger partial charge in [0.1, 0.15) is 0 Å². The van der Waals surface area contributed by atoms with Gasteiger partial charge in [0.05, 0.1) is 10.7 Å². The van der Waals surface area contributed by atoms with E-state index in [-0.39, 0.29) is 18.2 Å². The molecule has 0 aliphatic rings. The molecule has 0 saturated heterocycles. The van der Waals surface area contributed by atoms with Crippen molar-refractivity contribution in [2.75, 3.05) is 0 Å². The number of pyridine rings is 1. The van der Waals surface area contributed by atoms with Crippen molar-refractivity contribution < 1.29 is 9.13 Å². The largest absolute Gasteiger partial charge is 0.436 e. The number of rotatable bonds is 3. The van der Waals surface area contributed by atoms with Crippen LogP contribution in [0.5, 0.6) is 11.6 Å². The van der Waals surface area contributed by atoms with Gasteiger partial charge in [-0.2, -0.15) is 0 Å². The van der Waals surface area contributed by atoms with Gasteiger partial charge in [0.2, 0.25) is 5.88 Å². The minimum Gasteiger partial charge on any atom is -0.436 e. The van der Waals surface area contributed by atoms with E-state index >= 15 is 0 Å². The Morgan fingerprint density at radius 2 is 2.11 bits per heavy atom. The third kappa shape index (κ3) is 2.98. The van der Waals surface area contributed by atoms with Crippen LogP contribution in [-0.2, 0) is 6.54 Å². The number of halogens is 3. The van der Waals surface area contributed by atoms with Crippen LogP contribution in [-0.4, -0.2) is 4.98 Å². The lowest BCUT2D eigenvalue weighted by Crippen LogP contribution is -2.01. The highest BCUT2D eigenvalue weighted by atomic mass is 79.9. The van der Waals surface area contributed by atoms with Gasteiger partial charge in [-0.15, -0.1) is 0 Å². The van der Waals surface area contributed by atoms with Gasteiger partial charge in [-0.25, -0.2) is 9.37 Å². The normalized spacial score (nSPS) is 10.4. The van der Waals surface area contributed by atoms with Gasteiger partial charge in [0, 0.05) is 17.1 Å². The molecule has 0 bridgehead atoms. The standard InChI is InChI=1S/C12H9BrClFN2O/c13-7-1-3-11(9(15)5-7)18-12-4-2-8(14)10(6-16)17-12/h1-5H,6,16H2. The smallest absolute Gasteiger partial charge is 0.219 e. The lowest BCUT2D eigenvalue weighted by molar-refractivity contribution is 0.426. The zero-order chi connectivity index (χ0) is 13.1. The third-order valence-electron chi connectivity index (χ3n) is 2.19. The van der Waals surface area contributed by atoms with Crippen molar-refractivity contribution >= 4 is 27.5 Å². The second-order valence-electron chi connectivity index (χ2n) is 3.46. The van der Waals surface area contributed by atoms with Crippen molar-refractivity contribution in [1.29, 1.82) is 0 Å². The fraction of sp³-hybridized carbons (Fsp3) is 0.0833. The molecule has 0 atom stereocenters. The van der Waals surface area contributed by atoms with Crippen LogP contribution in [0.3, 0.4) is 0 Å². The molecule has 3 nitrogen and oxygen atoms in total. The van der Waals surface area contributed by atoms with Gasteiger partial charge in [-0.1, -0.05) is 27.5 Å². The van der Waals surface area contributed by atoms with Crippen LogP contribution in [0.15, 0.2) is 34.8 Å². The number of nitrogens with zero attached hydrogens (tertiary/aromatic N) is 1. The maximum Gasteiger partial charge on any atom is 0.219 e. The lowest BCUT2D eigenvalue weighted by atomic mass is 10.3. The Balaban J connectivity index is 2.28. The molecule has 18 heavy (non-hydrogen) atoms. The van der Waals surface area contributed by atoms with E-state index in [2.05, 4.69) is 20.9 Å². The molecular weight excluding hydrogens is 322 g/mol. The topological polar surface area (TPSA) is 48.1 Å². The molecule has 0 fully saturated rings. The van der Waals surface area contributed by atoms with Gasteiger partial charge in [0.15, 0.2) is 11.6 Å². The molecule has 1 aromatic heterocycles. The molecular formula is C12H9BrClFN2O. The van der Waals surface area contributed by atoms with Crippen molar-refractivity contribution in [2.24, 2.45) is 5.73 Å². The number of benzene rings is 1. The average molecular weight is 332 g/mol. The van der Waals surface area contributed by atoms with Crippen molar-refractivity contribution in [2.45, 2.75) is 6.54 Å². The summed E-state index contributed by atoms with van der Waals surface area (Å²) in [5.74, 6) is -0.132. The van der Waals surface area contributed by atoms with E-state index in [1.165, 1.54) is 12.1 Å². The molecule has 0 unspecified atom stereocenters. The van der Waals surface area contributed by atoms with Gasteiger partial charge in [-0.05, 0) is 24.3 Å². The molecule has 0 spiro atoms. The first kappa shape index (κ1) is 13.3. The van der Waals surface area contributed by atoms with Crippen LogP contribution < -0.4 is 10.5 Å². The summed E-state index contributed by atoms with van der Waals surface area (Å²) < 4.78 is 19.5. The highest BCUT2D eigenvalue weighted by Gasteiger charge is 2.08. The van der Waals surface area contributed by atoms with Crippen molar-refractivity contribution in [3.63, 3.8) is 0 Å². The maximum absolute atomic E-state index is 13.6. The summed E-state index contributed by atoms with van der Waals surface area (Å²) in [5, 5.41) is 0.459. The molecule has 2 rings (SSSR count). The molecule has 0 amide bonds. The van der Waals surface area contributed by atoms with Crippen LogP contribution in [0.25, 0.3) is 0 Å². The number of hydrogen-bond donors (Lipinski definition) is 1. The van der Waals surface area contributed by atoms with Crippen molar-refractivity contribution in [3.05, 3.63) is 51.3 Å². The molecule has 94 valence electrons. The van der Waals surface area contributed by atoms with E-state index in [9.17, 15) is 4.39 Å². The van der Waals surface area contributed by atoms with Gasteiger partial charge < -0.3 is 10.5 Å². The van der Waals surface area contributed by atoms with Crippen LogP contribution in [0.4, 0.5) is 4.39 Å². The van der Waals surface area contributed by atoms with E-state index in [4.69, 9.17) is 22.1 Å². The molecule has 0 aliphatic heterocycles. The van der Waals surface area contributed by atoms with E-state index in [0.717, 1.165) is 0 Å². The molecule has 6 heteroatoms. The van der Waals surface area contributed by atoms with Gasteiger partial charge in [-0.3, -0.25) is 0 Å². The number of ether oxygens (including phenoxy) is 1. The Hall–Kier alpha value is -1.17. The van der Waals surface area contributed by atoms with E-state index in [1.54, 1.807) is 18.2 Å². The number of aromatic nitrogens is 1. The number of nitrogens with two attached hydrogens (primary N) is 1. The van der Waals surface area contributed by atoms with Crippen LogP contribution in [0.2, 0.25) is 5.02 Å². The average Bonchev–Trinajstić information content (AvgIpc) is 2.35. The first-order valence-electron chi connectivity index (χ1n) is 5.08. The minimum absolute atomic E-state index is 0.0935. The summed E-state index contributed by atoms with van der Waals surface area (Å²) in [4.78, 5) is 4.09. The zero-order valence-corrected chi connectivity index (χ0v) is 11.5. The molecule has 0 saturated carbocycles. The monoisotopic (exact) mass is 330 g/mol. The molecule has 2 aromatic rings. The van der Waals surface area contributed by atoms with E-state index in [0.29, 0.717) is 15.2 Å². The Labute approximate surface area is 117 Å². The minimum atomic E-state index is -0.476. The summed E-state index contributed by atoms with van der Waals surface area (Å²) in [6.07, 6.45) is 0. The third-order valence-corrected chi connectivity index (χ3v) is 3.03. The van der Waals surface area contributed by atoms with Crippen molar-refractivity contribution in [3.8, 4) is 11.6 Å². The Morgan fingerprint density at radius 3 is 2.78 bits per heavy atom. The second kappa shape index (κ2) is 5.65. The molecule has 2 N–H and O–H groups in total. The predicted molar refractivity (Wildman–Crippen MR) is 71.3 cm³/mol. The summed E-state index contributed by atoms with van der Waals surface area (Å²) in [6, 6.07) is 7.68. The van der Waals surface area contributed by atoms with E-state index in [1.807, 2.05) is 0 Å². The van der Waals surface area contributed by atoms with Crippen LogP contribution in [0, 0.1) is 5.82 Å². The maximum atomic E-state index is 13.6. The summed E-state index contributed by atoms with van der Waals surface area (Å²) in [6.45, 7) is 0.193. The highest BCUT2D eigenvalue weighted by Crippen LogP contribution is 2.27. The van der Waals surface area contributed by atoms with Crippen LogP contribution in [0.1, 0.15) is 5.69 Å². The summed E-state index contributed by atoms with van der Waals surface area (Å²) in [7, 11) is 0. The first-order valence-corrected chi connectivity index (χ1v) is 6.25. The quantitative estimate of drug-likeness (QED) is 0.928. The van der Waals surface area contributed by atoms with Crippen LogP contribution >= 0.6 is 27.5 Å². The zero-order valence-electron chi connectivity index (χ0n) is 9.16. The Bertz CT molecular complexity index is 580. The molecule has 0 aliphatic carbocycles. The summed E-state index contributed by atoms with van der Waals surface area (Å²) in [5.41, 5.74) is 5.99. The SMILES string of the molecule is NCc1nc(Oc2ccc(Br)cc2F)ccc1Cl. The molecule has 0 radical (unpaired) electrons. The summed E-state index contributed by atoms with van der Waals surface area (Å²) >= 11 is 9.04. The Kier molecular flexibility index (Phi) is 4.16. The van der Waals surface area contributed by atoms with E-state index < -0.39 is 5.82 Å². The fourth-order valence-corrected chi connectivity index (χ4v) is 1.85. The van der Waals surface area contributed by atoms with Gasteiger partial charge in [0.25, 0.3) is 0 Å². The highest BCUT2D eigenvalue weighted by molar-refractivity contribution is 9.10. The Morgan fingerprint density at radius 1 is 1.33 bits per heavy atom. The molecule has 1 heterocycles. The van der Waals surface area contributed by atoms with Gasteiger partial charge >= 0.3 is 0 Å². The molecule has 1 aromatic carbocycles. The lowest BCUT2D eigenvalue weighted by Gasteiger charge is -2.08. The van der Waals surface area contributed by atoms with Crippen molar-refractivity contribution in [1.82, 2.24) is 4.98 Å².